The molecule has 0 aliphatic rings. The summed E-state index contributed by atoms with van der Waals surface area (Å²) in [5.41, 5.74) is 3.07. The zero-order chi connectivity index (χ0) is 14.7. The molecule has 2 rings (SSSR count). The molecule has 20 heavy (non-hydrogen) atoms. The molecule has 0 radical (unpaired) electrons. The van der Waals surface area contributed by atoms with Crippen LogP contribution in [0.4, 0.5) is 0 Å². The van der Waals surface area contributed by atoms with Gasteiger partial charge < -0.3 is 5.32 Å². The predicted molar refractivity (Wildman–Crippen MR) is 85.1 cm³/mol. The van der Waals surface area contributed by atoms with E-state index in [2.05, 4.69) is 44.3 Å². The Morgan fingerprint density at radius 3 is 2.80 bits per heavy atom. The van der Waals surface area contributed by atoms with Crippen LogP contribution in [-0.2, 0) is 13.0 Å². The second-order valence-corrected chi connectivity index (χ2v) is 5.94. The highest BCUT2D eigenvalue weighted by Crippen LogP contribution is 2.26. The van der Waals surface area contributed by atoms with Gasteiger partial charge in [-0.1, -0.05) is 11.6 Å². The third-order valence-corrected chi connectivity index (χ3v) is 4.25. The smallest absolute Gasteiger partial charge is 0.0847 e. The predicted octanol–water partition coefficient (Wildman–Crippen LogP) is 3.53. The van der Waals surface area contributed by atoms with E-state index in [9.17, 15) is 0 Å². The molecule has 0 saturated carbocycles. The molecule has 108 valence electrons. The van der Waals surface area contributed by atoms with Gasteiger partial charge in [0.15, 0.2) is 0 Å². The summed E-state index contributed by atoms with van der Waals surface area (Å²) in [7, 11) is 1.94. The zero-order valence-corrected chi connectivity index (χ0v) is 14.2. The SMILES string of the molecule is CCn1nc(C)c(Cl)c1CC(NC)c1cncc(Br)c1. The minimum Gasteiger partial charge on any atom is -0.313 e. The van der Waals surface area contributed by atoms with Crippen LogP contribution in [0.2, 0.25) is 5.02 Å². The maximum absolute atomic E-state index is 6.38. The number of likely N-dealkylation sites (N-methyl/N-ethyl adjacent to an activating group) is 1. The van der Waals surface area contributed by atoms with Gasteiger partial charge in [0.1, 0.15) is 0 Å². The Morgan fingerprint density at radius 2 is 2.20 bits per heavy atom. The minimum atomic E-state index is 0.152. The minimum absolute atomic E-state index is 0.152. The molecular formula is C14H18BrClN4. The fourth-order valence-electron chi connectivity index (χ4n) is 2.26. The van der Waals surface area contributed by atoms with Crippen LogP contribution < -0.4 is 5.32 Å². The molecule has 2 heterocycles. The molecule has 0 bridgehead atoms. The maximum Gasteiger partial charge on any atom is 0.0847 e. The summed E-state index contributed by atoms with van der Waals surface area (Å²) in [6, 6.07) is 2.22. The Hall–Kier alpha value is -0.910. The van der Waals surface area contributed by atoms with Crippen LogP contribution in [-0.4, -0.2) is 21.8 Å². The van der Waals surface area contributed by atoms with E-state index in [-0.39, 0.29) is 6.04 Å². The van der Waals surface area contributed by atoms with Crippen LogP contribution in [0, 0.1) is 6.92 Å². The Balaban J connectivity index is 2.31. The second kappa shape index (κ2) is 6.70. The average Bonchev–Trinajstić information content (AvgIpc) is 2.71. The van der Waals surface area contributed by atoms with Crippen molar-refractivity contribution in [3.63, 3.8) is 0 Å². The topological polar surface area (TPSA) is 42.7 Å². The quantitative estimate of drug-likeness (QED) is 0.890. The maximum atomic E-state index is 6.38. The third-order valence-electron chi connectivity index (χ3n) is 3.33. The standard InChI is InChI=1S/C14H18BrClN4/c1-4-20-13(14(16)9(2)19-20)6-12(17-3)10-5-11(15)8-18-7-10/h5,7-8,12,17H,4,6H2,1-3H3. The molecule has 0 aromatic carbocycles. The van der Waals surface area contributed by atoms with E-state index in [4.69, 9.17) is 11.6 Å². The third kappa shape index (κ3) is 3.22. The molecule has 6 heteroatoms. The van der Waals surface area contributed by atoms with Crippen molar-refractivity contribution in [3.8, 4) is 0 Å². The van der Waals surface area contributed by atoms with Gasteiger partial charge in [-0.05, 0) is 48.5 Å². The number of pyridine rings is 1. The number of halogens is 2. The summed E-state index contributed by atoms with van der Waals surface area (Å²) in [5, 5.41) is 8.54. The first-order valence-electron chi connectivity index (χ1n) is 6.56. The zero-order valence-electron chi connectivity index (χ0n) is 11.8. The Morgan fingerprint density at radius 1 is 1.45 bits per heavy atom. The van der Waals surface area contributed by atoms with Crippen LogP contribution >= 0.6 is 27.5 Å². The first kappa shape index (κ1) is 15.5. The summed E-state index contributed by atoms with van der Waals surface area (Å²) >= 11 is 9.83. The van der Waals surface area contributed by atoms with Crippen molar-refractivity contribution in [2.24, 2.45) is 0 Å². The molecule has 0 aliphatic heterocycles. The van der Waals surface area contributed by atoms with E-state index < -0.39 is 0 Å². The van der Waals surface area contributed by atoms with Gasteiger partial charge in [-0.15, -0.1) is 0 Å². The van der Waals surface area contributed by atoms with Gasteiger partial charge in [-0.25, -0.2) is 0 Å². The van der Waals surface area contributed by atoms with E-state index >= 15 is 0 Å². The highest BCUT2D eigenvalue weighted by Gasteiger charge is 2.18. The molecular weight excluding hydrogens is 340 g/mol. The Bertz CT molecular complexity index is 597. The summed E-state index contributed by atoms with van der Waals surface area (Å²) in [6.07, 6.45) is 4.44. The van der Waals surface area contributed by atoms with Gasteiger partial charge in [-0.3, -0.25) is 9.67 Å². The van der Waals surface area contributed by atoms with Gasteiger partial charge >= 0.3 is 0 Å². The number of nitrogens with zero attached hydrogens (tertiary/aromatic N) is 3. The summed E-state index contributed by atoms with van der Waals surface area (Å²) in [4.78, 5) is 4.22. The lowest BCUT2D eigenvalue weighted by atomic mass is 10.0. The lowest BCUT2D eigenvalue weighted by Gasteiger charge is -2.17. The number of aromatic nitrogens is 3. The molecule has 2 aromatic heterocycles. The van der Waals surface area contributed by atoms with E-state index in [0.29, 0.717) is 0 Å². The van der Waals surface area contributed by atoms with Crippen molar-refractivity contribution >= 4 is 27.5 Å². The van der Waals surface area contributed by atoms with Crippen LogP contribution in [0.3, 0.4) is 0 Å². The molecule has 4 nitrogen and oxygen atoms in total. The van der Waals surface area contributed by atoms with Crippen molar-refractivity contribution in [2.75, 3.05) is 7.05 Å². The number of nitrogens with one attached hydrogen (secondary N) is 1. The average molecular weight is 358 g/mol. The first-order chi connectivity index (χ1) is 9.56. The van der Waals surface area contributed by atoms with Crippen molar-refractivity contribution in [3.05, 3.63) is 44.9 Å². The van der Waals surface area contributed by atoms with E-state index in [1.165, 1.54) is 0 Å². The van der Waals surface area contributed by atoms with Gasteiger partial charge in [0, 0.05) is 35.9 Å². The van der Waals surface area contributed by atoms with Crippen molar-refractivity contribution < 1.29 is 0 Å². The van der Waals surface area contributed by atoms with Gasteiger partial charge in [0.25, 0.3) is 0 Å². The van der Waals surface area contributed by atoms with Gasteiger partial charge in [0.05, 0.1) is 16.4 Å². The molecule has 0 saturated heterocycles. The Kier molecular flexibility index (Phi) is 5.18. The van der Waals surface area contributed by atoms with E-state index in [0.717, 1.165) is 39.4 Å². The van der Waals surface area contributed by atoms with Crippen molar-refractivity contribution in [1.82, 2.24) is 20.1 Å². The van der Waals surface area contributed by atoms with Gasteiger partial charge in [0.2, 0.25) is 0 Å². The van der Waals surface area contributed by atoms with E-state index in [1.807, 2.05) is 24.9 Å². The molecule has 0 fully saturated rings. The first-order valence-corrected chi connectivity index (χ1v) is 7.73. The second-order valence-electron chi connectivity index (χ2n) is 4.64. The molecule has 0 spiro atoms. The normalized spacial score (nSPS) is 12.7. The summed E-state index contributed by atoms with van der Waals surface area (Å²) in [5.74, 6) is 0. The van der Waals surface area contributed by atoms with Crippen LogP contribution in [0.1, 0.15) is 29.9 Å². The summed E-state index contributed by atoms with van der Waals surface area (Å²) < 4.78 is 2.94. The molecule has 1 N–H and O–H groups in total. The van der Waals surface area contributed by atoms with Crippen molar-refractivity contribution in [2.45, 2.75) is 32.9 Å². The monoisotopic (exact) mass is 356 g/mol. The fourth-order valence-corrected chi connectivity index (χ4v) is 2.86. The molecule has 1 atom stereocenters. The van der Waals surface area contributed by atoms with Gasteiger partial charge in [-0.2, -0.15) is 5.10 Å². The summed E-state index contributed by atoms with van der Waals surface area (Å²) in [6.45, 7) is 4.82. The number of rotatable bonds is 5. The highest BCUT2D eigenvalue weighted by atomic mass is 79.9. The van der Waals surface area contributed by atoms with Crippen molar-refractivity contribution in [1.29, 1.82) is 0 Å². The molecule has 1 unspecified atom stereocenters. The fraction of sp³-hybridized carbons (Fsp3) is 0.429. The number of aryl methyl sites for hydroxylation is 2. The van der Waals surface area contributed by atoms with Crippen LogP contribution in [0.25, 0.3) is 0 Å². The lowest BCUT2D eigenvalue weighted by molar-refractivity contribution is 0.540. The Labute approximate surface area is 132 Å². The van der Waals surface area contributed by atoms with Crippen LogP contribution in [0.15, 0.2) is 22.9 Å². The number of hydrogen-bond acceptors (Lipinski definition) is 3. The van der Waals surface area contributed by atoms with Crippen LogP contribution in [0.5, 0.6) is 0 Å². The molecule has 0 amide bonds. The highest BCUT2D eigenvalue weighted by molar-refractivity contribution is 9.10. The molecule has 2 aromatic rings. The lowest BCUT2D eigenvalue weighted by Crippen LogP contribution is -2.21. The molecule has 0 aliphatic carbocycles. The number of hydrogen-bond donors (Lipinski definition) is 1. The van der Waals surface area contributed by atoms with E-state index in [1.54, 1.807) is 6.20 Å². The largest absolute Gasteiger partial charge is 0.313 e.